The second kappa shape index (κ2) is 9.54. The van der Waals surface area contributed by atoms with Crippen LogP contribution in [0.3, 0.4) is 0 Å². The summed E-state index contributed by atoms with van der Waals surface area (Å²) < 4.78 is 5.39. The summed E-state index contributed by atoms with van der Waals surface area (Å²) in [6.45, 7) is 9.47. The molecule has 1 saturated heterocycles. The van der Waals surface area contributed by atoms with Gasteiger partial charge in [-0.25, -0.2) is 4.79 Å². The normalized spacial score (nSPS) is 15.2. The number of amides is 3. The molecule has 0 radical (unpaired) electrons. The predicted molar refractivity (Wildman–Crippen MR) is 106 cm³/mol. The number of ether oxygens (including phenoxy) is 1. The van der Waals surface area contributed by atoms with Crippen molar-refractivity contribution >= 4 is 17.9 Å². The number of rotatable bonds is 6. The molecule has 3 amide bonds. The zero-order chi connectivity index (χ0) is 20.7. The minimum atomic E-state index is -0.493. The van der Waals surface area contributed by atoms with Gasteiger partial charge >= 0.3 is 6.09 Å². The highest BCUT2D eigenvalue weighted by molar-refractivity contribution is 5.94. The van der Waals surface area contributed by atoms with Crippen molar-refractivity contribution in [3.63, 3.8) is 0 Å². The van der Waals surface area contributed by atoms with Gasteiger partial charge in [-0.1, -0.05) is 12.1 Å². The molecule has 0 atom stereocenters. The van der Waals surface area contributed by atoms with Crippen molar-refractivity contribution < 1.29 is 19.1 Å². The maximum absolute atomic E-state index is 12.3. The molecule has 8 nitrogen and oxygen atoms in total. The van der Waals surface area contributed by atoms with Crippen LogP contribution in [-0.2, 0) is 16.0 Å². The van der Waals surface area contributed by atoms with Gasteiger partial charge in [0.15, 0.2) is 0 Å². The molecule has 0 spiro atoms. The summed E-state index contributed by atoms with van der Waals surface area (Å²) in [4.78, 5) is 39.3. The van der Waals surface area contributed by atoms with Crippen molar-refractivity contribution in [2.45, 2.75) is 32.8 Å². The number of carbonyl (C=O) groups excluding carboxylic acids is 3. The summed E-state index contributed by atoms with van der Waals surface area (Å²) in [7, 11) is 0. The van der Waals surface area contributed by atoms with Gasteiger partial charge in [-0.3, -0.25) is 14.5 Å². The van der Waals surface area contributed by atoms with E-state index in [1.165, 1.54) is 0 Å². The summed E-state index contributed by atoms with van der Waals surface area (Å²) in [6, 6.07) is 6.90. The monoisotopic (exact) mass is 390 g/mol. The molecular formula is C20H30N4O4. The van der Waals surface area contributed by atoms with Gasteiger partial charge in [0.05, 0.1) is 6.42 Å². The number of carbonyl (C=O) groups is 3. The van der Waals surface area contributed by atoms with E-state index in [4.69, 9.17) is 10.5 Å². The van der Waals surface area contributed by atoms with E-state index in [0.717, 1.165) is 18.7 Å². The highest BCUT2D eigenvalue weighted by Crippen LogP contribution is 2.12. The average Bonchev–Trinajstić information content (AvgIpc) is 2.60. The van der Waals surface area contributed by atoms with Gasteiger partial charge in [0, 0.05) is 44.8 Å². The van der Waals surface area contributed by atoms with E-state index in [9.17, 15) is 14.4 Å². The Morgan fingerprint density at radius 2 is 1.82 bits per heavy atom. The van der Waals surface area contributed by atoms with Gasteiger partial charge < -0.3 is 20.7 Å². The fourth-order valence-corrected chi connectivity index (χ4v) is 2.93. The van der Waals surface area contributed by atoms with E-state index >= 15 is 0 Å². The number of nitrogens with zero attached hydrogens (tertiary/aromatic N) is 2. The minimum Gasteiger partial charge on any atom is -0.444 e. The third kappa shape index (κ3) is 7.19. The van der Waals surface area contributed by atoms with Crippen molar-refractivity contribution in [2.75, 3.05) is 39.3 Å². The molecule has 0 unspecified atom stereocenters. The lowest BCUT2D eigenvalue weighted by Crippen LogP contribution is -2.51. The van der Waals surface area contributed by atoms with Gasteiger partial charge in [-0.15, -0.1) is 0 Å². The molecule has 0 aliphatic carbocycles. The SMILES string of the molecule is CC(C)(C)OC(=O)N1CCN(CCNC(=O)c2cccc(CC(N)=O)c2)CC1. The molecule has 1 aliphatic heterocycles. The topological polar surface area (TPSA) is 105 Å². The summed E-state index contributed by atoms with van der Waals surface area (Å²) >= 11 is 0. The van der Waals surface area contributed by atoms with Gasteiger partial charge in [-0.05, 0) is 38.5 Å². The van der Waals surface area contributed by atoms with E-state index < -0.39 is 11.5 Å². The molecule has 0 saturated carbocycles. The standard InChI is InChI=1S/C20H30N4O4/c1-20(2,3)28-19(27)24-11-9-23(10-12-24)8-7-22-18(26)16-6-4-5-15(13-16)14-17(21)25/h4-6,13H,7-12,14H2,1-3H3,(H2,21,25)(H,22,26). The number of primary amides is 1. The Bertz CT molecular complexity index is 706. The number of nitrogens with one attached hydrogen (secondary N) is 1. The fourth-order valence-electron chi connectivity index (χ4n) is 2.93. The van der Waals surface area contributed by atoms with E-state index in [1.807, 2.05) is 20.8 Å². The second-order valence-corrected chi connectivity index (χ2v) is 7.91. The van der Waals surface area contributed by atoms with Crippen LogP contribution in [0, 0.1) is 0 Å². The first-order chi connectivity index (χ1) is 13.1. The van der Waals surface area contributed by atoms with Gasteiger partial charge in [0.1, 0.15) is 5.60 Å². The molecular weight excluding hydrogens is 360 g/mol. The van der Waals surface area contributed by atoms with Crippen LogP contribution < -0.4 is 11.1 Å². The van der Waals surface area contributed by atoms with Gasteiger partial charge in [-0.2, -0.15) is 0 Å². The second-order valence-electron chi connectivity index (χ2n) is 7.91. The molecule has 2 rings (SSSR count). The molecule has 154 valence electrons. The predicted octanol–water partition coefficient (Wildman–Crippen LogP) is 0.997. The van der Waals surface area contributed by atoms with E-state index in [-0.39, 0.29) is 18.4 Å². The quantitative estimate of drug-likeness (QED) is 0.754. The minimum absolute atomic E-state index is 0.114. The Balaban J connectivity index is 1.72. The fraction of sp³-hybridized carbons (Fsp3) is 0.550. The Morgan fingerprint density at radius 1 is 1.14 bits per heavy atom. The zero-order valence-electron chi connectivity index (χ0n) is 16.9. The van der Waals surface area contributed by atoms with Crippen molar-refractivity contribution in [2.24, 2.45) is 5.73 Å². The van der Waals surface area contributed by atoms with Crippen LogP contribution >= 0.6 is 0 Å². The summed E-state index contributed by atoms with van der Waals surface area (Å²) in [5.41, 5.74) is 5.93. The van der Waals surface area contributed by atoms with Crippen LogP contribution in [0.4, 0.5) is 4.79 Å². The molecule has 0 aromatic heterocycles. The van der Waals surface area contributed by atoms with E-state index in [1.54, 1.807) is 29.2 Å². The molecule has 1 aliphatic rings. The van der Waals surface area contributed by atoms with Crippen LogP contribution in [0.2, 0.25) is 0 Å². The molecule has 1 heterocycles. The lowest BCUT2D eigenvalue weighted by atomic mass is 10.1. The summed E-state index contributed by atoms with van der Waals surface area (Å²) in [5, 5.41) is 2.89. The summed E-state index contributed by atoms with van der Waals surface area (Å²) in [5.74, 6) is -0.609. The number of hydrogen-bond donors (Lipinski definition) is 2. The maximum Gasteiger partial charge on any atom is 0.410 e. The molecule has 1 fully saturated rings. The Hall–Kier alpha value is -2.61. The van der Waals surface area contributed by atoms with Crippen molar-refractivity contribution in [3.05, 3.63) is 35.4 Å². The first-order valence-electron chi connectivity index (χ1n) is 9.50. The van der Waals surface area contributed by atoms with Crippen molar-refractivity contribution in [3.8, 4) is 0 Å². The van der Waals surface area contributed by atoms with E-state index in [2.05, 4.69) is 10.2 Å². The van der Waals surface area contributed by atoms with Crippen LogP contribution in [0.15, 0.2) is 24.3 Å². The first-order valence-corrected chi connectivity index (χ1v) is 9.50. The number of hydrogen-bond acceptors (Lipinski definition) is 5. The van der Waals surface area contributed by atoms with Crippen molar-refractivity contribution in [1.29, 1.82) is 0 Å². The Labute approximate surface area is 166 Å². The number of benzene rings is 1. The van der Waals surface area contributed by atoms with Crippen LogP contribution in [0.1, 0.15) is 36.7 Å². The van der Waals surface area contributed by atoms with Crippen molar-refractivity contribution in [1.82, 2.24) is 15.1 Å². The van der Waals surface area contributed by atoms with Gasteiger partial charge in [0.25, 0.3) is 5.91 Å². The lowest BCUT2D eigenvalue weighted by Gasteiger charge is -2.35. The molecule has 3 N–H and O–H groups in total. The van der Waals surface area contributed by atoms with Crippen LogP contribution in [0.5, 0.6) is 0 Å². The smallest absolute Gasteiger partial charge is 0.410 e. The zero-order valence-corrected chi connectivity index (χ0v) is 16.9. The average molecular weight is 390 g/mol. The third-order valence-electron chi connectivity index (χ3n) is 4.31. The maximum atomic E-state index is 12.3. The summed E-state index contributed by atoms with van der Waals surface area (Å²) in [6.07, 6.45) is -0.167. The lowest BCUT2D eigenvalue weighted by molar-refractivity contribution is -0.117. The molecule has 0 bridgehead atoms. The van der Waals surface area contributed by atoms with E-state index in [0.29, 0.717) is 31.7 Å². The molecule has 1 aromatic rings. The molecule has 8 heteroatoms. The number of piperazine rings is 1. The molecule has 28 heavy (non-hydrogen) atoms. The highest BCUT2D eigenvalue weighted by Gasteiger charge is 2.25. The van der Waals surface area contributed by atoms with Gasteiger partial charge in [0.2, 0.25) is 5.91 Å². The third-order valence-corrected chi connectivity index (χ3v) is 4.31. The van der Waals surface area contributed by atoms with Crippen LogP contribution in [-0.4, -0.2) is 72.6 Å². The first kappa shape index (κ1) is 21.7. The largest absolute Gasteiger partial charge is 0.444 e. The Morgan fingerprint density at radius 3 is 2.43 bits per heavy atom. The number of nitrogens with two attached hydrogens (primary N) is 1. The van der Waals surface area contributed by atoms with Crippen LogP contribution in [0.25, 0.3) is 0 Å². The highest BCUT2D eigenvalue weighted by atomic mass is 16.6. The molecule has 1 aromatic carbocycles. The Kier molecular flexibility index (Phi) is 7.39.